The van der Waals surface area contributed by atoms with Crippen molar-refractivity contribution in [2.24, 2.45) is 5.92 Å². The molecule has 1 atom stereocenters. The van der Waals surface area contributed by atoms with E-state index in [4.69, 9.17) is 26.8 Å². The summed E-state index contributed by atoms with van der Waals surface area (Å²) in [5.41, 5.74) is 7.66. The van der Waals surface area contributed by atoms with E-state index in [0.717, 1.165) is 44.0 Å². The summed E-state index contributed by atoms with van der Waals surface area (Å²) >= 11 is 6.40. The number of anilines is 2. The number of nitrogen functional groups attached to an aromatic ring is 1. The molecule has 0 aliphatic carbocycles. The summed E-state index contributed by atoms with van der Waals surface area (Å²) < 4.78 is 12.0. The van der Waals surface area contributed by atoms with Crippen molar-refractivity contribution in [1.29, 1.82) is 0 Å². The number of hydrogen-bond donors (Lipinski definition) is 1. The number of rotatable bonds is 17. The molecule has 0 heterocycles. The first-order chi connectivity index (χ1) is 14.1. The number of nitrogens with zero attached hydrogens (tertiary/aromatic N) is 1. The van der Waals surface area contributed by atoms with Crippen LogP contribution >= 0.6 is 11.6 Å². The highest BCUT2D eigenvalue weighted by Gasteiger charge is 2.19. The summed E-state index contributed by atoms with van der Waals surface area (Å²) in [6, 6.07) is 3.83. The minimum Gasteiger partial charge on any atom is -0.491 e. The molecule has 2 N–H and O–H groups in total. The molecule has 1 aromatic carbocycles. The number of benzene rings is 1. The third kappa shape index (κ3) is 9.95. The van der Waals surface area contributed by atoms with E-state index >= 15 is 0 Å². The summed E-state index contributed by atoms with van der Waals surface area (Å²) in [6.07, 6.45) is 9.43. The molecule has 0 saturated carbocycles. The molecule has 0 fully saturated rings. The first kappa shape index (κ1) is 25.9. The molecular weight excluding hydrogens is 384 g/mol. The predicted molar refractivity (Wildman–Crippen MR) is 128 cm³/mol. The van der Waals surface area contributed by atoms with Gasteiger partial charge in [0.05, 0.1) is 29.6 Å². The molecule has 4 nitrogen and oxygen atoms in total. The number of halogens is 1. The van der Waals surface area contributed by atoms with Crippen LogP contribution in [0.1, 0.15) is 79.1 Å². The molecule has 168 valence electrons. The van der Waals surface area contributed by atoms with Crippen LogP contribution in [0.15, 0.2) is 12.1 Å². The fourth-order valence-corrected chi connectivity index (χ4v) is 3.56. The van der Waals surface area contributed by atoms with Crippen molar-refractivity contribution >= 4 is 23.0 Å². The minimum atomic E-state index is 0.565. The Morgan fingerprint density at radius 1 is 0.966 bits per heavy atom. The molecule has 0 aromatic heterocycles. The lowest BCUT2D eigenvalue weighted by molar-refractivity contribution is 0.135. The maximum absolute atomic E-state index is 6.40. The average molecular weight is 427 g/mol. The van der Waals surface area contributed by atoms with E-state index in [1.54, 1.807) is 0 Å². The highest BCUT2D eigenvalue weighted by atomic mass is 35.5. The van der Waals surface area contributed by atoms with E-state index in [0.29, 0.717) is 29.8 Å². The van der Waals surface area contributed by atoms with Crippen LogP contribution in [0.2, 0.25) is 5.02 Å². The fourth-order valence-electron chi connectivity index (χ4n) is 3.40. The Morgan fingerprint density at radius 2 is 1.72 bits per heavy atom. The predicted octanol–water partition coefficient (Wildman–Crippen LogP) is 6.94. The highest BCUT2D eigenvalue weighted by molar-refractivity contribution is 6.33. The van der Waals surface area contributed by atoms with E-state index in [2.05, 4.69) is 32.6 Å². The molecular formula is C24H43ClN2O2. The summed E-state index contributed by atoms with van der Waals surface area (Å²) in [5, 5.41) is 0.583. The summed E-state index contributed by atoms with van der Waals surface area (Å²) in [5.74, 6) is 1.47. The van der Waals surface area contributed by atoms with E-state index in [1.807, 2.05) is 12.1 Å². The second kappa shape index (κ2) is 15.7. The molecule has 0 bridgehead atoms. The van der Waals surface area contributed by atoms with Crippen molar-refractivity contribution in [3.05, 3.63) is 17.2 Å². The van der Waals surface area contributed by atoms with Gasteiger partial charge in [-0.05, 0) is 31.2 Å². The smallest absolute Gasteiger partial charge is 0.144 e. The third-order valence-electron chi connectivity index (χ3n) is 5.30. The summed E-state index contributed by atoms with van der Waals surface area (Å²) in [4.78, 5) is 2.39. The Morgan fingerprint density at radius 3 is 2.38 bits per heavy atom. The van der Waals surface area contributed by atoms with E-state index in [1.165, 1.54) is 38.5 Å². The van der Waals surface area contributed by atoms with Gasteiger partial charge in [0.2, 0.25) is 0 Å². The molecule has 29 heavy (non-hydrogen) atoms. The van der Waals surface area contributed by atoms with Crippen molar-refractivity contribution in [2.75, 3.05) is 43.5 Å². The average Bonchev–Trinajstić information content (AvgIpc) is 2.72. The van der Waals surface area contributed by atoms with E-state index in [9.17, 15) is 0 Å². The molecule has 0 aliphatic rings. The second-order valence-corrected chi connectivity index (χ2v) is 8.28. The second-order valence-electron chi connectivity index (χ2n) is 7.87. The van der Waals surface area contributed by atoms with Crippen LogP contribution in [0.25, 0.3) is 0 Å². The largest absolute Gasteiger partial charge is 0.491 e. The molecule has 5 heteroatoms. The molecule has 1 unspecified atom stereocenters. The van der Waals surface area contributed by atoms with Gasteiger partial charge in [-0.1, -0.05) is 71.4 Å². The van der Waals surface area contributed by atoms with Crippen LogP contribution in [0.4, 0.5) is 11.4 Å². The number of hydrogen-bond acceptors (Lipinski definition) is 4. The lowest BCUT2D eigenvalue weighted by atomic mass is 9.98. The Balaban J connectivity index is 2.96. The van der Waals surface area contributed by atoms with Crippen LogP contribution in [-0.4, -0.2) is 32.9 Å². The Hall–Kier alpha value is -1.13. The van der Waals surface area contributed by atoms with Crippen molar-refractivity contribution in [2.45, 2.75) is 79.1 Å². The van der Waals surface area contributed by atoms with Crippen molar-refractivity contribution in [3.63, 3.8) is 0 Å². The summed E-state index contributed by atoms with van der Waals surface area (Å²) in [7, 11) is 0. The van der Waals surface area contributed by atoms with Gasteiger partial charge in [0, 0.05) is 25.8 Å². The maximum atomic E-state index is 6.40. The zero-order chi connectivity index (χ0) is 21.5. The zero-order valence-corrected chi connectivity index (χ0v) is 19.9. The van der Waals surface area contributed by atoms with Crippen LogP contribution < -0.4 is 15.4 Å². The standard InChI is InChI=1S/C24H43ClN2O2/c1-5-9-11-15-28-16-13-27(19-20(8-4)12-10-6-2)23-17-21(25)22(26)18-24(23)29-14-7-3/h17-18,20H,5-16,19,26H2,1-4H3. The maximum Gasteiger partial charge on any atom is 0.144 e. The zero-order valence-electron chi connectivity index (χ0n) is 19.1. The van der Waals surface area contributed by atoms with Gasteiger partial charge in [0.15, 0.2) is 0 Å². The van der Waals surface area contributed by atoms with Crippen LogP contribution in [0, 0.1) is 5.92 Å². The Kier molecular flexibility index (Phi) is 14.0. The lowest BCUT2D eigenvalue weighted by Gasteiger charge is -2.31. The molecule has 0 amide bonds. The first-order valence-corrected chi connectivity index (χ1v) is 12.0. The molecule has 1 rings (SSSR count). The molecule has 0 radical (unpaired) electrons. The van der Waals surface area contributed by atoms with Gasteiger partial charge >= 0.3 is 0 Å². The fraction of sp³-hybridized carbons (Fsp3) is 0.750. The van der Waals surface area contributed by atoms with Gasteiger partial charge in [-0.3, -0.25) is 0 Å². The quantitative estimate of drug-likeness (QED) is 0.216. The highest BCUT2D eigenvalue weighted by Crippen LogP contribution is 2.36. The van der Waals surface area contributed by atoms with Crippen molar-refractivity contribution in [3.8, 4) is 5.75 Å². The number of nitrogens with two attached hydrogens (primary N) is 1. The van der Waals surface area contributed by atoms with Gasteiger partial charge in [-0.15, -0.1) is 0 Å². The van der Waals surface area contributed by atoms with Gasteiger partial charge in [0.25, 0.3) is 0 Å². The number of unbranched alkanes of at least 4 members (excludes halogenated alkanes) is 3. The van der Waals surface area contributed by atoms with Gasteiger partial charge in [-0.25, -0.2) is 0 Å². The van der Waals surface area contributed by atoms with Crippen LogP contribution in [-0.2, 0) is 4.74 Å². The molecule has 0 spiro atoms. The topological polar surface area (TPSA) is 47.7 Å². The SMILES string of the molecule is CCCCCOCCN(CC(CC)CCCC)c1cc(Cl)c(N)cc1OCCC. The summed E-state index contributed by atoms with van der Waals surface area (Å²) in [6.45, 7) is 12.9. The van der Waals surface area contributed by atoms with Gasteiger partial charge in [-0.2, -0.15) is 0 Å². The molecule has 0 saturated heterocycles. The van der Waals surface area contributed by atoms with E-state index < -0.39 is 0 Å². The van der Waals surface area contributed by atoms with Crippen molar-refractivity contribution < 1.29 is 9.47 Å². The van der Waals surface area contributed by atoms with Gasteiger partial charge in [0.1, 0.15) is 5.75 Å². The first-order valence-electron chi connectivity index (χ1n) is 11.6. The Labute approximate surface area is 184 Å². The van der Waals surface area contributed by atoms with E-state index in [-0.39, 0.29) is 0 Å². The Bertz CT molecular complexity index is 554. The third-order valence-corrected chi connectivity index (χ3v) is 5.63. The number of ether oxygens (including phenoxy) is 2. The van der Waals surface area contributed by atoms with Crippen LogP contribution in [0.3, 0.4) is 0 Å². The monoisotopic (exact) mass is 426 g/mol. The normalized spacial score (nSPS) is 12.2. The molecule has 0 aliphatic heterocycles. The minimum absolute atomic E-state index is 0.565. The molecule has 1 aromatic rings. The van der Waals surface area contributed by atoms with Crippen LogP contribution in [0.5, 0.6) is 5.75 Å². The van der Waals surface area contributed by atoms with Crippen molar-refractivity contribution in [1.82, 2.24) is 0 Å². The van der Waals surface area contributed by atoms with Gasteiger partial charge < -0.3 is 20.1 Å². The lowest BCUT2D eigenvalue weighted by Crippen LogP contribution is -2.33.